The van der Waals surface area contributed by atoms with Gasteiger partial charge in [-0.3, -0.25) is 4.79 Å². The van der Waals surface area contributed by atoms with Gasteiger partial charge in [0.2, 0.25) is 0 Å². The fourth-order valence-electron chi connectivity index (χ4n) is 3.01. The summed E-state index contributed by atoms with van der Waals surface area (Å²) in [7, 11) is 3.18. The molecule has 140 valence electrons. The molecule has 0 fully saturated rings. The number of thiocarbonyl (C=S) groups is 1. The van der Waals surface area contributed by atoms with Gasteiger partial charge in [-0.2, -0.15) is 0 Å². The normalized spacial score (nSPS) is 16.3. The number of rotatable bonds is 5. The van der Waals surface area contributed by atoms with Crippen LogP contribution in [0.2, 0.25) is 0 Å². The van der Waals surface area contributed by atoms with E-state index in [1.54, 1.807) is 14.2 Å². The Morgan fingerprint density at radius 1 is 1.11 bits per heavy atom. The van der Waals surface area contributed by atoms with E-state index in [1.165, 1.54) is 0 Å². The van der Waals surface area contributed by atoms with E-state index in [-0.39, 0.29) is 5.91 Å². The lowest BCUT2D eigenvalue weighted by Crippen LogP contribution is -2.45. The maximum absolute atomic E-state index is 13.1. The van der Waals surface area contributed by atoms with Crippen LogP contribution < -0.4 is 25.4 Å². The molecule has 0 aliphatic carbocycles. The minimum absolute atomic E-state index is 0.226. The number of anilines is 1. The van der Waals surface area contributed by atoms with Crippen molar-refractivity contribution in [3.05, 3.63) is 65.4 Å². The first-order chi connectivity index (χ1) is 13.0. The molecule has 27 heavy (non-hydrogen) atoms. The van der Waals surface area contributed by atoms with Crippen LogP contribution >= 0.6 is 12.2 Å². The van der Waals surface area contributed by atoms with Crippen molar-refractivity contribution in [3.8, 4) is 11.5 Å². The second-order valence-corrected chi connectivity index (χ2v) is 6.41. The molecule has 6 nitrogen and oxygen atoms in total. The van der Waals surface area contributed by atoms with Gasteiger partial charge in [0.15, 0.2) is 5.11 Å². The summed E-state index contributed by atoms with van der Waals surface area (Å²) in [5.74, 6) is 1.07. The van der Waals surface area contributed by atoms with Gasteiger partial charge in [-0.05, 0) is 49.5 Å². The molecule has 1 aliphatic heterocycles. The summed E-state index contributed by atoms with van der Waals surface area (Å²) in [6, 6.07) is 14.3. The second-order valence-electron chi connectivity index (χ2n) is 6.00. The smallest absolute Gasteiger partial charge is 0.255 e. The highest BCUT2D eigenvalue weighted by atomic mass is 32.1. The molecule has 1 amide bonds. The maximum atomic E-state index is 13.1. The van der Waals surface area contributed by atoms with Crippen molar-refractivity contribution < 1.29 is 14.3 Å². The molecule has 0 bridgehead atoms. The topological polar surface area (TPSA) is 71.6 Å². The van der Waals surface area contributed by atoms with Crippen LogP contribution in [0.4, 0.5) is 5.69 Å². The predicted molar refractivity (Wildman–Crippen MR) is 109 cm³/mol. The largest absolute Gasteiger partial charge is 0.497 e. The number of amides is 1. The highest BCUT2D eigenvalue weighted by Gasteiger charge is 2.32. The van der Waals surface area contributed by atoms with Crippen molar-refractivity contribution >= 4 is 28.9 Å². The highest BCUT2D eigenvalue weighted by Crippen LogP contribution is 2.35. The molecular weight excluding hydrogens is 362 g/mol. The molecule has 1 atom stereocenters. The van der Waals surface area contributed by atoms with Gasteiger partial charge in [0.05, 0.1) is 25.8 Å². The SMILES string of the molecule is COc1ccc(OC)c([C@@H]2NC(=S)NC(C)=C2C(=O)Nc2ccccc2)c1. The molecule has 0 unspecified atom stereocenters. The van der Waals surface area contributed by atoms with Crippen LogP contribution in [0.3, 0.4) is 0 Å². The van der Waals surface area contributed by atoms with E-state index in [0.717, 1.165) is 5.56 Å². The number of nitrogens with one attached hydrogen (secondary N) is 3. The number of methoxy groups -OCH3 is 2. The van der Waals surface area contributed by atoms with Gasteiger partial charge in [0, 0.05) is 16.9 Å². The maximum Gasteiger partial charge on any atom is 0.255 e. The van der Waals surface area contributed by atoms with Crippen LogP contribution in [0.15, 0.2) is 59.8 Å². The number of benzene rings is 2. The Bertz CT molecular complexity index is 897. The van der Waals surface area contributed by atoms with E-state index in [4.69, 9.17) is 21.7 Å². The lowest BCUT2D eigenvalue weighted by atomic mass is 9.94. The summed E-state index contributed by atoms with van der Waals surface area (Å²) in [5, 5.41) is 9.57. The Labute approximate surface area is 163 Å². The highest BCUT2D eigenvalue weighted by molar-refractivity contribution is 7.80. The average Bonchev–Trinajstić information content (AvgIpc) is 2.67. The van der Waals surface area contributed by atoms with Gasteiger partial charge in [-0.25, -0.2) is 0 Å². The Hall–Kier alpha value is -3.06. The number of allylic oxidation sites excluding steroid dienone is 1. The first kappa shape index (κ1) is 18.7. The summed E-state index contributed by atoms with van der Waals surface area (Å²) < 4.78 is 10.8. The molecule has 0 radical (unpaired) electrons. The second kappa shape index (κ2) is 8.09. The van der Waals surface area contributed by atoms with Crippen molar-refractivity contribution in [1.29, 1.82) is 0 Å². The molecule has 1 heterocycles. The number of hydrogen-bond acceptors (Lipinski definition) is 4. The van der Waals surface area contributed by atoms with E-state index >= 15 is 0 Å². The molecule has 7 heteroatoms. The van der Waals surface area contributed by atoms with Crippen molar-refractivity contribution in [2.75, 3.05) is 19.5 Å². The fourth-order valence-corrected chi connectivity index (χ4v) is 3.28. The number of hydrogen-bond donors (Lipinski definition) is 3. The minimum atomic E-state index is -0.479. The summed E-state index contributed by atoms with van der Waals surface area (Å²) in [6.07, 6.45) is 0. The zero-order valence-electron chi connectivity index (χ0n) is 15.3. The summed E-state index contributed by atoms with van der Waals surface area (Å²) in [5.41, 5.74) is 2.69. The quantitative estimate of drug-likeness (QED) is 0.689. The van der Waals surface area contributed by atoms with E-state index < -0.39 is 6.04 Å². The van der Waals surface area contributed by atoms with Gasteiger partial charge >= 0.3 is 0 Å². The Balaban J connectivity index is 2.03. The van der Waals surface area contributed by atoms with Gasteiger partial charge in [-0.15, -0.1) is 0 Å². The minimum Gasteiger partial charge on any atom is -0.497 e. The van der Waals surface area contributed by atoms with Crippen LogP contribution in [0.25, 0.3) is 0 Å². The summed E-state index contributed by atoms with van der Waals surface area (Å²) >= 11 is 5.31. The summed E-state index contributed by atoms with van der Waals surface area (Å²) in [4.78, 5) is 13.1. The molecule has 3 N–H and O–H groups in total. The third-order valence-electron chi connectivity index (χ3n) is 4.29. The van der Waals surface area contributed by atoms with Crippen LogP contribution in [0.1, 0.15) is 18.5 Å². The number of ether oxygens (including phenoxy) is 2. The molecule has 0 saturated carbocycles. The van der Waals surface area contributed by atoms with Gasteiger partial charge in [0.1, 0.15) is 11.5 Å². The third kappa shape index (κ3) is 4.03. The van der Waals surface area contributed by atoms with Crippen LogP contribution in [0, 0.1) is 0 Å². The Morgan fingerprint density at radius 2 is 1.85 bits per heavy atom. The number of carbonyl (C=O) groups excluding carboxylic acids is 1. The Morgan fingerprint density at radius 3 is 2.52 bits per heavy atom. The molecule has 2 aromatic rings. The average molecular weight is 383 g/mol. The van der Waals surface area contributed by atoms with Crippen molar-refractivity contribution in [2.45, 2.75) is 13.0 Å². The van der Waals surface area contributed by atoms with Crippen LogP contribution in [-0.2, 0) is 4.79 Å². The Kier molecular flexibility index (Phi) is 5.61. The van der Waals surface area contributed by atoms with Crippen LogP contribution in [-0.4, -0.2) is 25.2 Å². The first-order valence-electron chi connectivity index (χ1n) is 8.40. The molecule has 1 aliphatic rings. The van der Waals surface area contributed by atoms with E-state index in [2.05, 4.69) is 16.0 Å². The zero-order chi connectivity index (χ0) is 19.4. The molecule has 2 aromatic carbocycles. The van der Waals surface area contributed by atoms with Crippen LogP contribution in [0.5, 0.6) is 11.5 Å². The standard InChI is InChI=1S/C20H21N3O3S/c1-12-17(19(24)22-13-7-5-4-6-8-13)18(23-20(27)21-12)15-11-14(25-2)9-10-16(15)26-3/h4-11,18H,1-3H3,(H,22,24)(H2,21,23,27)/t18-/m0/s1. The summed E-state index contributed by atoms with van der Waals surface area (Å²) in [6.45, 7) is 1.83. The lowest BCUT2D eigenvalue weighted by molar-refractivity contribution is -0.113. The molecule has 0 spiro atoms. The van der Waals surface area contributed by atoms with E-state index in [0.29, 0.717) is 33.6 Å². The molecule has 0 aromatic heterocycles. The number of carbonyl (C=O) groups is 1. The van der Waals surface area contributed by atoms with Gasteiger partial charge in [-0.1, -0.05) is 18.2 Å². The predicted octanol–water partition coefficient (Wildman–Crippen LogP) is 3.14. The fraction of sp³-hybridized carbons (Fsp3) is 0.200. The monoisotopic (exact) mass is 383 g/mol. The first-order valence-corrected chi connectivity index (χ1v) is 8.81. The third-order valence-corrected chi connectivity index (χ3v) is 4.51. The zero-order valence-corrected chi connectivity index (χ0v) is 16.1. The van der Waals surface area contributed by atoms with Crippen molar-refractivity contribution in [1.82, 2.24) is 10.6 Å². The van der Waals surface area contributed by atoms with Gasteiger partial charge < -0.3 is 25.4 Å². The van der Waals surface area contributed by atoms with Crippen molar-refractivity contribution in [3.63, 3.8) is 0 Å². The van der Waals surface area contributed by atoms with Crippen molar-refractivity contribution in [2.24, 2.45) is 0 Å². The van der Waals surface area contributed by atoms with Gasteiger partial charge in [0.25, 0.3) is 5.91 Å². The van der Waals surface area contributed by atoms with E-state index in [1.807, 2.05) is 55.5 Å². The van der Waals surface area contributed by atoms with E-state index in [9.17, 15) is 4.79 Å². The molecular formula is C20H21N3O3S. The molecule has 0 saturated heterocycles. The number of para-hydroxylation sites is 1. The lowest BCUT2D eigenvalue weighted by Gasteiger charge is -2.31. The molecule has 3 rings (SSSR count).